The number of hydrogen-bond acceptors (Lipinski definition) is 6. The van der Waals surface area contributed by atoms with Crippen molar-refractivity contribution >= 4 is 17.3 Å². The molecule has 0 saturated heterocycles. The molecule has 0 aliphatic heterocycles. The van der Waals surface area contributed by atoms with Crippen LogP contribution >= 0.6 is 0 Å². The molecule has 0 radical (unpaired) electrons. The third-order valence-electron chi connectivity index (χ3n) is 1.43. The Morgan fingerprint density at radius 3 is 2.86 bits per heavy atom. The van der Waals surface area contributed by atoms with Crippen molar-refractivity contribution in [2.75, 3.05) is 11.1 Å². The van der Waals surface area contributed by atoms with Gasteiger partial charge in [-0.3, -0.25) is 0 Å². The predicted octanol–water partition coefficient (Wildman–Crippen LogP) is 0.322. The number of nitro groups is 1. The number of aromatic nitrogens is 1. The number of aliphatic hydroxyl groups excluding tert-OH is 1. The minimum atomic E-state index is -0.890. The average molecular weight is 198 g/mol. The highest BCUT2D eigenvalue weighted by molar-refractivity contribution is 5.60. The van der Waals surface area contributed by atoms with Crippen LogP contribution in [0.25, 0.3) is 0 Å². The van der Waals surface area contributed by atoms with Gasteiger partial charge in [-0.2, -0.15) is 0 Å². The van der Waals surface area contributed by atoms with Gasteiger partial charge in [-0.05, 0) is 22.9 Å². The van der Waals surface area contributed by atoms with E-state index in [9.17, 15) is 10.1 Å². The Kier molecular flexibility index (Phi) is 2.82. The van der Waals surface area contributed by atoms with E-state index >= 15 is 0 Å². The van der Waals surface area contributed by atoms with Gasteiger partial charge in [0.2, 0.25) is 5.82 Å². The molecule has 0 fully saturated rings. The number of rotatable bonds is 3. The van der Waals surface area contributed by atoms with E-state index in [1.165, 1.54) is 19.1 Å². The Balaban J connectivity index is 3.08. The summed E-state index contributed by atoms with van der Waals surface area (Å²) in [5.74, 6) is -0.334. The summed E-state index contributed by atoms with van der Waals surface area (Å²) in [6.45, 7) is 1.44. The van der Waals surface area contributed by atoms with Gasteiger partial charge in [0.15, 0.2) is 0 Å². The van der Waals surface area contributed by atoms with Crippen LogP contribution in [0.15, 0.2) is 12.1 Å². The molecule has 0 aliphatic rings. The molecule has 4 N–H and O–H groups in total. The van der Waals surface area contributed by atoms with Crippen molar-refractivity contribution in [1.29, 1.82) is 0 Å². The number of aliphatic hydroxyl groups is 1. The number of pyridine rings is 1. The van der Waals surface area contributed by atoms with Crippen molar-refractivity contribution in [3.05, 3.63) is 22.2 Å². The minimum absolute atomic E-state index is 0.0628. The Hall–Kier alpha value is -1.89. The van der Waals surface area contributed by atoms with Gasteiger partial charge in [-0.1, -0.05) is 0 Å². The average Bonchev–Trinajstić information content (AvgIpc) is 2.07. The number of nitrogen functional groups attached to an aromatic ring is 1. The van der Waals surface area contributed by atoms with E-state index in [0.29, 0.717) is 0 Å². The fourth-order valence-corrected chi connectivity index (χ4v) is 0.940. The summed E-state index contributed by atoms with van der Waals surface area (Å²) in [5, 5.41) is 22.0. The molecular formula is C7H10N4O3. The van der Waals surface area contributed by atoms with Gasteiger partial charge in [-0.15, -0.1) is 0 Å². The van der Waals surface area contributed by atoms with Gasteiger partial charge in [0.05, 0.1) is 0 Å². The van der Waals surface area contributed by atoms with Crippen molar-refractivity contribution < 1.29 is 10.0 Å². The van der Waals surface area contributed by atoms with Crippen LogP contribution in [0, 0.1) is 10.1 Å². The number of nitrogens with zero attached hydrogens (tertiary/aromatic N) is 2. The van der Waals surface area contributed by atoms with Crippen molar-refractivity contribution in [3.8, 4) is 0 Å². The molecule has 1 heterocycles. The summed E-state index contributed by atoms with van der Waals surface area (Å²) in [4.78, 5) is 13.4. The molecule has 76 valence electrons. The molecule has 14 heavy (non-hydrogen) atoms. The van der Waals surface area contributed by atoms with Crippen LogP contribution in [0.4, 0.5) is 17.3 Å². The smallest absolute Gasteiger partial charge is 0.374 e. The highest BCUT2D eigenvalue weighted by atomic mass is 16.6. The number of hydrogen-bond donors (Lipinski definition) is 3. The Labute approximate surface area is 79.7 Å². The fraction of sp³-hybridized carbons (Fsp3) is 0.286. The molecule has 1 aromatic rings. The maximum Gasteiger partial charge on any atom is 0.389 e. The lowest BCUT2D eigenvalue weighted by atomic mass is 10.3. The first kappa shape index (κ1) is 10.2. The third kappa shape index (κ3) is 2.30. The minimum Gasteiger partial charge on any atom is -0.374 e. The van der Waals surface area contributed by atoms with Crippen molar-refractivity contribution in [2.24, 2.45) is 0 Å². The summed E-state index contributed by atoms with van der Waals surface area (Å²) in [6.07, 6.45) is -0.890. The van der Waals surface area contributed by atoms with Gasteiger partial charge in [0.25, 0.3) is 0 Å². The maximum absolute atomic E-state index is 10.5. The van der Waals surface area contributed by atoms with Gasteiger partial charge in [-0.25, -0.2) is 0 Å². The molecule has 1 atom stereocenters. The summed E-state index contributed by atoms with van der Waals surface area (Å²) in [6, 6.07) is 2.81. The molecule has 1 aromatic heterocycles. The summed E-state index contributed by atoms with van der Waals surface area (Å²) < 4.78 is 0. The van der Waals surface area contributed by atoms with E-state index in [1.54, 1.807) is 0 Å². The van der Waals surface area contributed by atoms with Crippen LogP contribution in [0.1, 0.15) is 6.92 Å². The Bertz CT molecular complexity index is 353. The molecule has 1 rings (SSSR count). The molecule has 7 nitrogen and oxygen atoms in total. The normalized spacial score (nSPS) is 12.1. The van der Waals surface area contributed by atoms with E-state index in [1.807, 2.05) is 0 Å². The second-order valence-corrected chi connectivity index (χ2v) is 2.68. The lowest BCUT2D eigenvalue weighted by molar-refractivity contribution is -0.388. The lowest BCUT2D eigenvalue weighted by Gasteiger charge is -2.08. The standard InChI is InChI=1S/C7H10N4O3/c1-4(12)9-5-2-3-6(8)10-7(5)11(13)14/h2-4,9,12H,1H3,(H2,8,10). The summed E-state index contributed by atoms with van der Waals surface area (Å²) in [7, 11) is 0. The monoisotopic (exact) mass is 198 g/mol. The van der Waals surface area contributed by atoms with Crippen LogP contribution in [0.3, 0.4) is 0 Å². The highest BCUT2D eigenvalue weighted by Gasteiger charge is 2.16. The van der Waals surface area contributed by atoms with E-state index < -0.39 is 17.0 Å². The molecule has 1 unspecified atom stereocenters. The van der Waals surface area contributed by atoms with Crippen molar-refractivity contribution in [1.82, 2.24) is 4.98 Å². The largest absolute Gasteiger partial charge is 0.389 e. The van der Waals surface area contributed by atoms with E-state index in [4.69, 9.17) is 10.8 Å². The van der Waals surface area contributed by atoms with Crippen LogP contribution in [0.5, 0.6) is 0 Å². The lowest BCUT2D eigenvalue weighted by Crippen LogP contribution is -2.15. The topological polar surface area (TPSA) is 114 Å². The van der Waals surface area contributed by atoms with Crippen LogP contribution in [-0.2, 0) is 0 Å². The molecule has 0 spiro atoms. The number of anilines is 2. The SMILES string of the molecule is CC(O)Nc1ccc(N)nc1[N+](=O)[O-]. The second kappa shape index (κ2) is 3.88. The van der Waals surface area contributed by atoms with Gasteiger partial charge in [0.1, 0.15) is 11.9 Å². The molecule has 0 aromatic carbocycles. The predicted molar refractivity (Wildman–Crippen MR) is 50.6 cm³/mol. The number of nitrogens with one attached hydrogen (secondary N) is 1. The Morgan fingerprint density at radius 1 is 1.71 bits per heavy atom. The first-order valence-corrected chi connectivity index (χ1v) is 3.86. The first-order valence-electron chi connectivity index (χ1n) is 3.86. The Morgan fingerprint density at radius 2 is 2.36 bits per heavy atom. The van der Waals surface area contributed by atoms with Crippen LogP contribution < -0.4 is 11.1 Å². The highest BCUT2D eigenvalue weighted by Crippen LogP contribution is 2.22. The summed E-state index contributed by atoms with van der Waals surface area (Å²) in [5.41, 5.74) is 5.43. The molecule has 0 aliphatic carbocycles. The maximum atomic E-state index is 10.5. The quantitative estimate of drug-likeness (QED) is 0.366. The zero-order valence-electron chi connectivity index (χ0n) is 7.47. The van der Waals surface area contributed by atoms with E-state index in [-0.39, 0.29) is 11.5 Å². The first-order chi connectivity index (χ1) is 6.50. The molecule has 0 amide bonds. The second-order valence-electron chi connectivity index (χ2n) is 2.68. The van der Waals surface area contributed by atoms with Gasteiger partial charge >= 0.3 is 5.82 Å². The van der Waals surface area contributed by atoms with Gasteiger partial charge < -0.3 is 26.3 Å². The van der Waals surface area contributed by atoms with Crippen molar-refractivity contribution in [2.45, 2.75) is 13.2 Å². The molecule has 7 heteroatoms. The molecule has 0 saturated carbocycles. The zero-order valence-corrected chi connectivity index (χ0v) is 7.47. The number of nitrogens with two attached hydrogens (primary N) is 1. The molecular weight excluding hydrogens is 188 g/mol. The summed E-state index contributed by atoms with van der Waals surface area (Å²) >= 11 is 0. The van der Waals surface area contributed by atoms with Crippen LogP contribution in [0.2, 0.25) is 0 Å². The fourth-order valence-electron chi connectivity index (χ4n) is 0.940. The van der Waals surface area contributed by atoms with E-state index in [2.05, 4.69) is 10.3 Å². The van der Waals surface area contributed by atoms with E-state index in [0.717, 1.165) is 0 Å². The van der Waals surface area contributed by atoms with Gasteiger partial charge in [0, 0.05) is 6.07 Å². The van der Waals surface area contributed by atoms with Crippen molar-refractivity contribution in [3.63, 3.8) is 0 Å². The molecule has 0 bridgehead atoms. The third-order valence-corrected chi connectivity index (χ3v) is 1.43. The zero-order chi connectivity index (χ0) is 10.7. The van der Waals surface area contributed by atoms with Crippen LogP contribution in [-0.4, -0.2) is 21.2 Å².